The standard InChI is InChI=1S/C16H24N2O/c1-16(2,3)15(19)18-10-13(9-17)14(11-18)12-7-5-4-6-8-12/h4-8,13-14H,9-11,17H2,1-3H3/t13-,14+/m1/s1. The zero-order valence-corrected chi connectivity index (χ0v) is 12.1. The predicted molar refractivity (Wildman–Crippen MR) is 77.8 cm³/mol. The van der Waals surface area contributed by atoms with Gasteiger partial charge in [-0.2, -0.15) is 0 Å². The van der Waals surface area contributed by atoms with Crippen molar-refractivity contribution in [1.82, 2.24) is 4.90 Å². The van der Waals surface area contributed by atoms with Crippen molar-refractivity contribution >= 4 is 5.91 Å². The van der Waals surface area contributed by atoms with Crippen molar-refractivity contribution in [3.05, 3.63) is 35.9 Å². The third kappa shape index (κ3) is 2.98. The molecular weight excluding hydrogens is 236 g/mol. The summed E-state index contributed by atoms with van der Waals surface area (Å²) < 4.78 is 0. The number of carbonyl (C=O) groups excluding carboxylic acids is 1. The lowest BCUT2D eigenvalue weighted by Crippen LogP contribution is -2.38. The summed E-state index contributed by atoms with van der Waals surface area (Å²) in [5.41, 5.74) is 6.87. The van der Waals surface area contributed by atoms with Crippen molar-refractivity contribution in [3.8, 4) is 0 Å². The highest BCUT2D eigenvalue weighted by Crippen LogP contribution is 2.34. The molecule has 1 aliphatic heterocycles. The molecule has 0 spiro atoms. The SMILES string of the molecule is CC(C)(C)C(=O)N1C[C@@H](CN)[C@H](c2ccccc2)C1. The summed E-state index contributed by atoms with van der Waals surface area (Å²) in [5, 5.41) is 0. The van der Waals surface area contributed by atoms with Gasteiger partial charge in [0.2, 0.25) is 5.91 Å². The molecule has 0 aromatic heterocycles. The average Bonchev–Trinajstić information content (AvgIpc) is 2.81. The van der Waals surface area contributed by atoms with E-state index in [1.54, 1.807) is 0 Å². The molecule has 1 aliphatic rings. The van der Waals surface area contributed by atoms with E-state index in [1.807, 2.05) is 31.7 Å². The van der Waals surface area contributed by atoms with Crippen LogP contribution in [-0.2, 0) is 4.79 Å². The summed E-state index contributed by atoms with van der Waals surface area (Å²) in [7, 11) is 0. The molecule has 0 bridgehead atoms. The maximum absolute atomic E-state index is 12.4. The van der Waals surface area contributed by atoms with Crippen LogP contribution in [0.15, 0.2) is 30.3 Å². The van der Waals surface area contributed by atoms with Gasteiger partial charge in [-0.1, -0.05) is 51.1 Å². The van der Waals surface area contributed by atoms with Crippen molar-refractivity contribution < 1.29 is 4.79 Å². The van der Waals surface area contributed by atoms with Crippen LogP contribution in [0.4, 0.5) is 0 Å². The van der Waals surface area contributed by atoms with Crippen LogP contribution in [0.3, 0.4) is 0 Å². The number of carbonyl (C=O) groups is 1. The highest BCUT2D eigenvalue weighted by Gasteiger charge is 2.38. The first-order valence-corrected chi connectivity index (χ1v) is 6.98. The van der Waals surface area contributed by atoms with Gasteiger partial charge in [-0.15, -0.1) is 0 Å². The minimum atomic E-state index is -0.315. The highest BCUT2D eigenvalue weighted by molar-refractivity contribution is 5.82. The van der Waals surface area contributed by atoms with Crippen molar-refractivity contribution in [2.75, 3.05) is 19.6 Å². The van der Waals surface area contributed by atoms with Crippen molar-refractivity contribution in [2.24, 2.45) is 17.1 Å². The molecule has 1 aromatic carbocycles. The first-order valence-electron chi connectivity index (χ1n) is 6.98. The van der Waals surface area contributed by atoms with Crippen LogP contribution < -0.4 is 5.73 Å². The maximum atomic E-state index is 12.4. The largest absolute Gasteiger partial charge is 0.341 e. The number of nitrogens with zero attached hydrogens (tertiary/aromatic N) is 1. The van der Waals surface area contributed by atoms with E-state index in [9.17, 15) is 4.79 Å². The van der Waals surface area contributed by atoms with Crippen LogP contribution in [-0.4, -0.2) is 30.4 Å². The van der Waals surface area contributed by atoms with Gasteiger partial charge in [-0.3, -0.25) is 4.79 Å². The van der Waals surface area contributed by atoms with E-state index in [1.165, 1.54) is 5.56 Å². The third-order valence-electron chi connectivity index (χ3n) is 3.90. The fourth-order valence-corrected chi connectivity index (χ4v) is 2.83. The lowest BCUT2D eigenvalue weighted by Gasteiger charge is -2.25. The van der Waals surface area contributed by atoms with Crippen LogP contribution in [0.1, 0.15) is 32.3 Å². The minimum Gasteiger partial charge on any atom is -0.341 e. The van der Waals surface area contributed by atoms with Gasteiger partial charge in [0.05, 0.1) is 0 Å². The summed E-state index contributed by atoms with van der Waals surface area (Å²) in [5.74, 6) is 0.968. The Hall–Kier alpha value is -1.35. The Labute approximate surface area is 115 Å². The molecule has 1 saturated heterocycles. The molecule has 104 valence electrons. The fraction of sp³-hybridized carbons (Fsp3) is 0.562. The Balaban J connectivity index is 2.17. The number of benzene rings is 1. The van der Waals surface area contributed by atoms with Crippen LogP contribution in [0.2, 0.25) is 0 Å². The van der Waals surface area contributed by atoms with Gasteiger partial charge in [0.25, 0.3) is 0 Å². The molecule has 0 saturated carbocycles. The Morgan fingerprint density at radius 3 is 2.42 bits per heavy atom. The van der Waals surface area contributed by atoms with Crippen molar-refractivity contribution in [2.45, 2.75) is 26.7 Å². The summed E-state index contributed by atoms with van der Waals surface area (Å²) >= 11 is 0. The Morgan fingerprint density at radius 2 is 1.89 bits per heavy atom. The van der Waals surface area contributed by atoms with Crippen LogP contribution in [0.5, 0.6) is 0 Å². The van der Waals surface area contributed by atoms with Gasteiger partial charge in [0, 0.05) is 24.4 Å². The van der Waals surface area contributed by atoms with Gasteiger partial charge in [-0.05, 0) is 18.0 Å². The van der Waals surface area contributed by atoms with Gasteiger partial charge in [0.1, 0.15) is 0 Å². The van der Waals surface area contributed by atoms with E-state index >= 15 is 0 Å². The summed E-state index contributed by atoms with van der Waals surface area (Å²) in [4.78, 5) is 14.4. The summed E-state index contributed by atoms with van der Waals surface area (Å²) in [6, 6.07) is 10.4. The summed E-state index contributed by atoms with van der Waals surface area (Å²) in [6.45, 7) is 8.13. The molecule has 2 rings (SSSR count). The number of rotatable bonds is 2. The molecule has 2 N–H and O–H groups in total. The van der Waals surface area contributed by atoms with E-state index in [4.69, 9.17) is 5.73 Å². The van der Waals surface area contributed by atoms with Crippen molar-refractivity contribution in [3.63, 3.8) is 0 Å². The number of nitrogens with two attached hydrogens (primary N) is 1. The second-order valence-electron chi connectivity index (χ2n) is 6.47. The third-order valence-corrected chi connectivity index (χ3v) is 3.90. The van der Waals surface area contributed by atoms with E-state index < -0.39 is 0 Å². The minimum absolute atomic E-state index is 0.226. The Morgan fingerprint density at radius 1 is 1.26 bits per heavy atom. The van der Waals surface area contributed by atoms with Gasteiger partial charge < -0.3 is 10.6 Å². The quantitative estimate of drug-likeness (QED) is 0.886. The molecule has 2 atom stereocenters. The van der Waals surface area contributed by atoms with E-state index in [-0.39, 0.29) is 11.3 Å². The first-order chi connectivity index (χ1) is 8.93. The lowest BCUT2D eigenvalue weighted by atomic mass is 9.89. The molecular formula is C16H24N2O. The second kappa shape index (κ2) is 5.33. The normalized spacial score (nSPS) is 23.7. The van der Waals surface area contributed by atoms with E-state index in [0.717, 1.165) is 13.1 Å². The highest BCUT2D eigenvalue weighted by atomic mass is 16.2. The zero-order valence-electron chi connectivity index (χ0n) is 12.1. The smallest absolute Gasteiger partial charge is 0.227 e. The molecule has 3 heteroatoms. The number of likely N-dealkylation sites (tertiary alicyclic amines) is 1. The van der Waals surface area contributed by atoms with E-state index in [2.05, 4.69) is 24.3 Å². The number of hydrogen-bond donors (Lipinski definition) is 1. The second-order valence-corrected chi connectivity index (χ2v) is 6.47. The topological polar surface area (TPSA) is 46.3 Å². The molecule has 0 radical (unpaired) electrons. The van der Waals surface area contributed by atoms with Gasteiger partial charge in [0.15, 0.2) is 0 Å². The first kappa shape index (κ1) is 14.1. The van der Waals surface area contributed by atoms with Crippen LogP contribution >= 0.6 is 0 Å². The number of amides is 1. The fourth-order valence-electron chi connectivity index (χ4n) is 2.83. The van der Waals surface area contributed by atoms with Gasteiger partial charge >= 0.3 is 0 Å². The molecule has 3 nitrogen and oxygen atoms in total. The molecule has 1 amide bonds. The Bertz CT molecular complexity index is 436. The molecule has 1 heterocycles. The molecule has 0 aliphatic carbocycles. The summed E-state index contributed by atoms with van der Waals surface area (Å²) in [6.07, 6.45) is 0. The maximum Gasteiger partial charge on any atom is 0.227 e. The van der Waals surface area contributed by atoms with Crippen LogP contribution in [0.25, 0.3) is 0 Å². The van der Waals surface area contributed by atoms with Crippen molar-refractivity contribution in [1.29, 1.82) is 0 Å². The predicted octanol–water partition coefficient (Wildman–Crippen LogP) is 2.23. The average molecular weight is 260 g/mol. The molecule has 19 heavy (non-hydrogen) atoms. The van der Waals surface area contributed by atoms with E-state index in [0.29, 0.717) is 18.4 Å². The molecule has 0 unspecified atom stereocenters. The molecule has 1 fully saturated rings. The lowest BCUT2D eigenvalue weighted by molar-refractivity contribution is -0.138. The Kier molecular flexibility index (Phi) is 3.95. The number of hydrogen-bond acceptors (Lipinski definition) is 2. The monoisotopic (exact) mass is 260 g/mol. The molecule has 1 aromatic rings. The zero-order chi connectivity index (χ0) is 14.0. The van der Waals surface area contributed by atoms with Crippen LogP contribution in [0, 0.1) is 11.3 Å². The van der Waals surface area contributed by atoms with Gasteiger partial charge in [-0.25, -0.2) is 0 Å².